The number of aromatic nitrogens is 4. The summed E-state index contributed by atoms with van der Waals surface area (Å²) in [4.78, 5) is 19.5. The molecule has 3 aromatic heterocycles. The number of terminal acetylenes is 1. The molecule has 9 rings (SSSR count). The van der Waals surface area contributed by atoms with Crippen molar-refractivity contribution in [3.63, 3.8) is 0 Å². The minimum absolute atomic E-state index is 0.0285. The number of hydrogen-bond acceptors (Lipinski definition) is 8. The zero-order chi connectivity index (χ0) is 32.6. The third kappa shape index (κ3) is 4.92. The number of nitrogens with zero attached hydrogens (tertiary/aromatic N) is 6. The molecule has 246 valence electrons. The number of piperidine rings is 1. The molecule has 3 aliphatic heterocycles. The second kappa shape index (κ2) is 11.3. The number of aromatic hydroxyl groups is 1. The van der Waals surface area contributed by atoms with Crippen LogP contribution in [0.2, 0.25) is 0 Å². The van der Waals surface area contributed by atoms with Gasteiger partial charge in [-0.15, -0.1) is 6.42 Å². The number of ether oxygens (including phenoxy) is 1. The lowest BCUT2D eigenvalue weighted by Crippen LogP contribution is -2.52. The van der Waals surface area contributed by atoms with E-state index in [2.05, 4.69) is 21.0 Å². The normalized spacial score (nSPS) is 23.6. The summed E-state index contributed by atoms with van der Waals surface area (Å²) in [5.41, 5.74) is 3.38. The molecule has 6 heterocycles. The number of hydrogen-bond donors (Lipinski definition) is 2. The van der Waals surface area contributed by atoms with Crippen LogP contribution in [-0.4, -0.2) is 86.9 Å². The van der Waals surface area contributed by atoms with Gasteiger partial charge in [-0.2, -0.15) is 9.97 Å². The monoisotopic (exact) mass is 649 g/mol. The maximum absolute atomic E-state index is 15.1. The average molecular weight is 650 g/mol. The Balaban J connectivity index is 1.19. The topological polar surface area (TPSA) is 91.1 Å². The zero-order valence-electron chi connectivity index (χ0n) is 26.6. The van der Waals surface area contributed by atoms with Gasteiger partial charge < -0.3 is 20.1 Å². The van der Waals surface area contributed by atoms with Gasteiger partial charge in [0.2, 0.25) is 0 Å². The molecule has 1 saturated carbocycles. The Kier molecular flexibility index (Phi) is 6.95. The van der Waals surface area contributed by atoms with E-state index in [1.54, 1.807) is 24.4 Å². The Morgan fingerprint density at radius 3 is 2.69 bits per heavy atom. The van der Waals surface area contributed by atoms with Crippen LogP contribution in [0.1, 0.15) is 44.1 Å². The fraction of sp³-hybridized carbons (Fsp3) is 0.432. The van der Waals surface area contributed by atoms with Gasteiger partial charge in [-0.1, -0.05) is 12.0 Å². The lowest BCUT2D eigenvalue weighted by molar-refractivity contribution is 0.0974. The van der Waals surface area contributed by atoms with Crippen LogP contribution < -0.4 is 15.0 Å². The van der Waals surface area contributed by atoms with Crippen molar-refractivity contribution in [2.45, 2.75) is 56.8 Å². The number of nitrogens with one attached hydrogen (secondary N) is 1. The molecular weight excluding hydrogens is 612 g/mol. The molecule has 11 heteroatoms. The van der Waals surface area contributed by atoms with E-state index in [0.717, 1.165) is 69.6 Å². The van der Waals surface area contributed by atoms with Crippen LogP contribution >= 0.6 is 0 Å². The minimum atomic E-state index is -0.762. The van der Waals surface area contributed by atoms with Gasteiger partial charge >= 0.3 is 6.01 Å². The molecule has 3 saturated heterocycles. The molecule has 2 N–H and O–H groups in total. The molecular formula is C37H37F2N7O2. The van der Waals surface area contributed by atoms with E-state index in [0.29, 0.717) is 58.6 Å². The van der Waals surface area contributed by atoms with Crippen molar-refractivity contribution >= 4 is 33.3 Å². The first kappa shape index (κ1) is 29.6. The SMILES string of the molecule is C#Cc1c(F)ccc2cc(O)cc(-c3cc4nc(OCC5(CN6CCC[C@H](F)C6)CC5)nc(N5[C@@H]6CC[C@H]5CNC6)c4n4ccnc34)c12. The Bertz CT molecular complexity index is 2110. The van der Waals surface area contributed by atoms with E-state index in [9.17, 15) is 9.50 Å². The summed E-state index contributed by atoms with van der Waals surface area (Å²) in [5, 5.41) is 15.5. The number of halogens is 2. The minimum Gasteiger partial charge on any atom is -0.508 e. The van der Waals surface area contributed by atoms with Crippen molar-refractivity contribution in [1.29, 1.82) is 0 Å². The van der Waals surface area contributed by atoms with Crippen LogP contribution in [0.15, 0.2) is 42.7 Å². The van der Waals surface area contributed by atoms with Gasteiger partial charge in [-0.3, -0.25) is 9.30 Å². The predicted octanol–water partition coefficient (Wildman–Crippen LogP) is 5.46. The highest BCUT2D eigenvalue weighted by Gasteiger charge is 2.46. The summed E-state index contributed by atoms with van der Waals surface area (Å²) in [6.07, 6.45) is 14.4. The molecule has 0 amide bonds. The van der Waals surface area contributed by atoms with E-state index in [-0.39, 0.29) is 28.8 Å². The number of likely N-dealkylation sites (tertiary alicyclic amines) is 1. The molecule has 3 atom stereocenters. The van der Waals surface area contributed by atoms with Crippen LogP contribution in [0.4, 0.5) is 14.6 Å². The standard InChI is InChI=1S/C37H37F2N7O2/c1-2-27-30(39)8-5-22-14-26(47)15-28(32(22)27)29-16-31-33(45-13-11-41-34(29)45)35(46-24-6-7-25(46)18-40-17-24)43-36(42-31)48-21-37(9-10-37)20-44-12-3-4-23(38)19-44/h1,5,8,11,13-16,23-25,40,47H,3-4,6-7,9-10,12,17-21H2/t23-,24-,25+/m0/s1. The van der Waals surface area contributed by atoms with Crippen LogP contribution in [0.3, 0.4) is 0 Å². The first-order valence-electron chi connectivity index (χ1n) is 17.0. The van der Waals surface area contributed by atoms with E-state index in [1.807, 2.05) is 16.7 Å². The second-order valence-corrected chi connectivity index (χ2v) is 14.1. The first-order chi connectivity index (χ1) is 23.4. The number of benzene rings is 2. The largest absolute Gasteiger partial charge is 0.508 e. The Morgan fingerprint density at radius 1 is 1.08 bits per heavy atom. The number of pyridine rings is 1. The molecule has 9 nitrogen and oxygen atoms in total. The van der Waals surface area contributed by atoms with Crippen molar-refractivity contribution in [2.24, 2.45) is 5.41 Å². The number of imidazole rings is 1. The quantitative estimate of drug-likeness (QED) is 0.225. The van der Waals surface area contributed by atoms with Gasteiger partial charge in [0, 0.05) is 67.0 Å². The van der Waals surface area contributed by atoms with Crippen LogP contribution in [0.25, 0.3) is 38.6 Å². The van der Waals surface area contributed by atoms with Gasteiger partial charge in [0.15, 0.2) is 5.82 Å². The molecule has 0 spiro atoms. The Morgan fingerprint density at radius 2 is 1.92 bits per heavy atom. The summed E-state index contributed by atoms with van der Waals surface area (Å²) in [6, 6.07) is 8.93. The van der Waals surface area contributed by atoms with E-state index < -0.39 is 12.0 Å². The fourth-order valence-corrected chi connectivity index (χ4v) is 8.36. The Labute approximate surface area is 276 Å². The maximum Gasteiger partial charge on any atom is 0.319 e. The van der Waals surface area contributed by atoms with Gasteiger partial charge in [-0.25, -0.2) is 13.8 Å². The lowest BCUT2D eigenvalue weighted by atomic mass is 9.94. The molecule has 2 bridgehead atoms. The molecule has 48 heavy (non-hydrogen) atoms. The molecule has 4 fully saturated rings. The smallest absolute Gasteiger partial charge is 0.319 e. The van der Waals surface area contributed by atoms with E-state index in [1.165, 1.54) is 6.07 Å². The predicted molar refractivity (Wildman–Crippen MR) is 181 cm³/mol. The molecule has 0 unspecified atom stereocenters. The molecule has 1 aliphatic carbocycles. The van der Waals surface area contributed by atoms with Gasteiger partial charge in [0.05, 0.1) is 17.7 Å². The lowest BCUT2D eigenvalue weighted by Gasteiger charge is -2.37. The number of fused-ring (bicyclic) bond motifs is 6. The number of piperazine rings is 1. The Hall–Kier alpha value is -4.53. The maximum atomic E-state index is 15.1. The van der Waals surface area contributed by atoms with Crippen molar-refractivity contribution < 1.29 is 18.6 Å². The van der Waals surface area contributed by atoms with Gasteiger partial charge in [0.25, 0.3) is 0 Å². The summed E-state index contributed by atoms with van der Waals surface area (Å²) in [6.45, 7) is 4.42. The number of rotatable bonds is 7. The number of anilines is 1. The van der Waals surface area contributed by atoms with Gasteiger partial charge in [0.1, 0.15) is 28.9 Å². The first-order valence-corrected chi connectivity index (χ1v) is 17.0. The van der Waals surface area contributed by atoms with E-state index >= 15 is 4.39 Å². The zero-order valence-corrected chi connectivity index (χ0v) is 26.6. The number of alkyl halides is 1. The molecule has 0 radical (unpaired) electrons. The fourth-order valence-electron chi connectivity index (χ4n) is 8.36. The van der Waals surface area contributed by atoms with Crippen LogP contribution in [-0.2, 0) is 0 Å². The third-order valence-corrected chi connectivity index (χ3v) is 10.9. The van der Waals surface area contributed by atoms with Crippen molar-refractivity contribution in [3.05, 3.63) is 54.1 Å². The van der Waals surface area contributed by atoms with Crippen molar-refractivity contribution in [1.82, 2.24) is 29.6 Å². The van der Waals surface area contributed by atoms with E-state index in [4.69, 9.17) is 26.1 Å². The summed E-state index contributed by atoms with van der Waals surface area (Å²) < 4.78 is 37.7. The van der Waals surface area contributed by atoms with Gasteiger partial charge in [-0.05, 0) is 80.3 Å². The second-order valence-electron chi connectivity index (χ2n) is 14.1. The summed E-state index contributed by atoms with van der Waals surface area (Å²) in [5.74, 6) is 2.85. The number of phenols is 1. The average Bonchev–Trinajstić information content (AvgIpc) is 3.56. The van der Waals surface area contributed by atoms with Crippen LogP contribution in [0, 0.1) is 23.6 Å². The molecule has 2 aromatic carbocycles. The highest BCUT2D eigenvalue weighted by molar-refractivity contribution is 6.06. The highest BCUT2D eigenvalue weighted by atomic mass is 19.1. The van der Waals surface area contributed by atoms with Crippen molar-refractivity contribution in [3.8, 4) is 35.2 Å². The number of phenolic OH excluding ortho intramolecular Hbond substituents is 1. The van der Waals surface area contributed by atoms with Crippen LogP contribution in [0.5, 0.6) is 11.8 Å². The third-order valence-electron chi connectivity index (χ3n) is 10.9. The molecule has 4 aliphatic rings. The summed E-state index contributed by atoms with van der Waals surface area (Å²) >= 11 is 0. The molecule has 5 aromatic rings. The summed E-state index contributed by atoms with van der Waals surface area (Å²) in [7, 11) is 0. The van der Waals surface area contributed by atoms with Crippen molar-refractivity contribution in [2.75, 3.05) is 44.2 Å². The highest BCUT2D eigenvalue weighted by Crippen LogP contribution is 2.47.